The van der Waals surface area contributed by atoms with Crippen LogP contribution >= 0.6 is 0 Å². The zero-order chi connectivity index (χ0) is 18.5. The molecule has 7 heteroatoms. The van der Waals surface area contributed by atoms with Crippen LogP contribution in [0.4, 0.5) is 5.69 Å². The van der Waals surface area contributed by atoms with Crippen LogP contribution in [0.5, 0.6) is 0 Å². The summed E-state index contributed by atoms with van der Waals surface area (Å²) in [6, 6.07) is 7.91. The monoisotopic (exact) mass is 353 g/mol. The van der Waals surface area contributed by atoms with Crippen molar-refractivity contribution >= 4 is 22.6 Å². The van der Waals surface area contributed by atoms with Crippen molar-refractivity contribution in [3.05, 3.63) is 52.7 Å². The van der Waals surface area contributed by atoms with Crippen LogP contribution in [0.3, 0.4) is 0 Å². The van der Waals surface area contributed by atoms with Crippen molar-refractivity contribution < 1.29 is 4.79 Å². The van der Waals surface area contributed by atoms with Crippen LogP contribution in [0.1, 0.15) is 31.7 Å². The number of unbranched alkanes of at least 4 members (excludes halogenated alkanes) is 1. The van der Waals surface area contributed by atoms with Gasteiger partial charge in [-0.05, 0) is 30.5 Å². The van der Waals surface area contributed by atoms with Crippen molar-refractivity contribution in [2.24, 2.45) is 7.05 Å². The highest BCUT2D eigenvalue weighted by atomic mass is 16.2. The zero-order valence-electron chi connectivity index (χ0n) is 15.1. The summed E-state index contributed by atoms with van der Waals surface area (Å²) in [5, 5.41) is 7.36. The Labute approximate surface area is 151 Å². The average molecular weight is 353 g/mol. The van der Waals surface area contributed by atoms with Gasteiger partial charge in [0.15, 0.2) is 5.65 Å². The van der Waals surface area contributed by atoms with Gasteiger partial charge in [-0.2, -0.15) is 5.10 Å². The maximum absolute atomic E-state index is 12.4. The minimum absolute atomic E-state index is 0.135. The van der Waals surface area contributed by atoms with Crippen molar-refractivity contribution in [3.63, 3.8) is 0 Å². The second-order valence-corrected chi connectivity index (χ2v) is 6.35. The van der Waals surface area contributed by atoms with Gasteiger partial charge in [0.25, 0.3) is 5.56 Å². The van der Waals surface area contributed by atoms with Gasteiger partial charge in [0.2, 0.25) is 5.91 Å². The standard InChI is InChI=1S/C19H23N5O2/c1-3-4-5-14-6-8-15(9-7-14)22-17(25)10-11-24-13-20-18-16(19(24)26)12-21-23(18)2/h6-9,12-13H,3-5,10-11H2,1-2H3,(H,22,25). The molecule has 0 unspecified atom stereocenters. The normalized spacial score (nSPS) is 11.0. The molecule has 0 saturated carbocycles. The highest BCUT2D eigenvalue weighted by molar-refractivity contribution is 5.90. The third-order valence-electron chi connectivity index (χ3n) is 4.35. The lowest BCUT2D eigenvalue weighted by molar-refractivity contribution is -0.116. The van der Waals surface area contributed by atoms with Gasteiger partial charge in [0.1, 0.15) is 5.39 Å². The molecule has 26 heavy (non-hydrogen) atoms. The Bertz CT molecular complexity index is 956. The molecular formula is C19H23N5O2. The van der Waals surface area contributed by atoms with Gasteiger partial charge < -0.3 is 5.32 Å². The molecule has 0 aliphatic heterocycles. The number of nitrogens with zero attached hydrogens (tertiary/aromatic N) is 4. The first-order valence-electron chi connectivity index (χ1n) is 8.84. The molecular weight excluding hydrogens is 330 g/mol. The fraction of sp³-hybridized carbons (Fsp3) is 0.368. The molecule has 2 aromatic heterocycles. The summed E-state index contributed by atoms with van der Waals surface area (Å²) in [5.74, 6) is -0.135. The molecule has 0 aliphatic rings. The van der Waals surface area contributed by atoms with E-state index in [9.17, 15) is 9.59 Å². The molecule has 3 rings (SSSR count). The first-order chi connectivity index (χ1) is 12.6. The predicted molar refractivity (Wildman–Crippen MR) is 101 cm³/mol. The van der Waals surface area contributed by atoms with E-state index in [1.54, 1.807) is 11.7 Å². The number of benzene rings is 1. The molecule has 1 N–H and O–H groups in total. The SMILES string of the molecule is CCCCc1ccc(NC(=O)CCn2cnc3c(cnn3C)c2=O)cc1. The Kier molecular flexibility index (Phi) is 5.46. The van der Waals surface area contributed by atoms with Crippen molar-refractivity contribution in [1.82, 2.24) is 19.3 Å². The Hall–Kier alpha value is -2.96. The number of carbonyl (C=O) groups is 1. The third kappa shape index (κ3) is 3.99. The summed E-state index contributed by atoms with van der Waals surface area (Å²) in [5.41, 5.74) is 2.39. The quantitative estimate of drug-likeness (QED) is 0.707. The number of fused-ring (bicyclic) bond motifs is 1. The summed E-state index contributed by atoms with van der Waals surface area (Å²) in [6.45, 7) is 2.44. The highest BCUT2D eigenvalue weighted by Gasteiger charge is 2.09. The van der Waals surface area contributed by atoms with Gasteiger partial charge in [0, 0.05) is 25.7 Å². The molecule has 2 heterocycles. The smallest absolute Gasteiger partial charge is 0.264 e. The second kappa shape index (κ2) is 7.95. The predicted octanol–water partition coefficient (Wildman–Crippen LogP) is 2.50. The molecule has 136 valence electrons. The first kappa shape index (κ1) is 17.8. The van der Waals surface area contributed by atoms with E-state index >= 15 is 0 Å². The van der Waals surface area contributed by atoms with Crippen LogP contribution < -0.4 is 10.9 Å². The van der Waals surface area contributed by atoms with Gasteiger partial charge in [-0.25, -0.2) is 4.98 Å². The van der Waals surface area contributed by atoms with Crippen LogP contribution in [0.25, 0.3) is 11.0 Å². The molecule has 0 fully saturated rings. The Balaban J connectivity index is 1.59. The van der Waals surface area contributed by atoms with Gasteiger partial charge in [-0.15, -0.1) is 0 Å². The molecule has 7 nitrogen and oxygen atoms in total. The molecule has 0 saturated heterocycles. The number of aromatic nitrogens is 4. The summed E-state index contributed by atoms with van der Waals surface area (Å²) in [4.78, 5) is 28.8. The topological polar surface area (TPSA) is 81.8 Å². The number of hydrogen-bond acceptors (Lipinski definition) is 4. The lowest BCUT2D eigenvalue weighted by Gasteiger charge is -2.08. The van der Waals surface area contributed by atoms with Gasteiger partial charge in [-0.3, -0.25) is 18.8 Å². The number of anilines is 1. The number of rotatable bonds is 7. The van der Waals surface area contributed by atoms with Gasteiger partial charge in [0.05, 0.1) is 12.5 Å². The second-order valence-electron chi connectivity index (χ2n) is 6.35. The molecule has 1 aromatic carbocycles. The maximum atomic E-state index is 12.4. The molecule has 0 radical (unpaired) electrons. The minimum Gasteiger partial charge on any atom is -0.326 e. The fourth-order valence-corrected chi connectivity index (χ4v) is 2.81. The summed E-state index contributed by atoms with van der Waals surface area (Å²) in [6.07, 6.45) is 6.54. The van der Waals surface area contributed by atoms with E-state index in [4.69, 9.17) is 0 Å². The van der Waals surface area contributed by atoms with Crippen molar-refractivity contribution in [2.75, 3.05) is 5.32 Å². The summed E-state index contributed by atoms with van der Waals surface area (Å²) >= 11 is 0. The van der Waals surface area contributed by atoms with E-state index in [1.807, 2.05) is 24.3 Å². The van der Waals surface area contributed by atoms with E-state index < -0.39 is 0 Å². The Morgan fingerprint density at radius 2 is 2.00 bits per heavy atom. The number of amides is 1. The zero-order valence-corrected chi connectivity index (χ0v) is 15.1. The molecule has 0 aliphatic carbocycles. The van der Waals surface area contributed by atoms with Crippen LogP contribution in [0, 0.1) is 0 Å². The van der Waals surface area contributed by atoms with Gasteiger partial charge >= 0.3 is 0 Å². The van der Waals surface area contributed by atoms with E-state index in [0.29, 0.717) is 11.0 Å². The van der Waals surface area contributed by atoms with Crippen molar-refractivity contribution in [3.8, 4) is 0 Å². The average Bonchev–Trinajstić information content (AvgIpc) is 3.02. The Morgan fingerprint density at radius 3 is 2.73 bits per heavy atom. The fourth-order valence-electron chi connectivity index (χ4n) is 2.81. The van der Waals surface area contributed by atoms with E-state index in [-0.39, 0.29) is 24.4 Å². The highest BCUT2D eigenvalue weighted by Crippen LogP contribution is 2.12. The number of aryl methyl sites for hydroxylation is 3. The van der Waals surface area contributed by atoms with E-state index in [0.717, 1.165) is 24.9 Å². The largest absolute Gasteiger partial charge is 0.326 e. The van der Waals surface area contributed by atoms with Gasteiger partial charge in [-0.1, -0.05) is 25.5 Å². The summed E-state index contributed by atoms with van der Waals surface area (Å²) < 4.78 is 3.00. The number of carbonyl (C=O) groups excluding carboxylic acids is 1. The first-order valence-corrected chi connectivity index (χ1v) is 8.84. The third-order valence-corrected chi connectivity index (χ3v) is 4.35. The van der Waals surface area contributed by atoms with E-state index in [1.165, 1.54) is 22.7 Å². The lowest BCUT2D eigenvalue weighted by atomic mass is 10.1. The van der Waals surface area contributed by atoms with Crippen LogP contribution in [0.15, 0.2) is 41.6 Å². The molecule has 1 amide bonds. The number of hydrogen-bond donors (Lipinski definition) is 1. The minimum atomic E-state index is -0.184. The van der Waals surface area contributed by atoms with Crippen LogP contribution in [-0.4, -0.2) is 25.2 Å². The maximum Gasteiger partial charge on any atom is 0.264 e. The molecule has 0 atom stereocenters. The lowest BCUT2D eigenvalue weighted by Crippen LogP contribution is -2.23. The summed E-state index contributed by atoms with van der Waals surface area (Å²) in [7, 11) is 1.74. The van der Waals surface area contributed by atoms with E-state index in [2.05, 4.69) is 22.3 Å². The molecule has 3 aromatic rings. The van der Waals surface area contributed by atoms with Crippen molar-refractivity contribution in [2.45, 2.75) is 39.2 Å². The number of nitrogens with one attached hydrogen (secondary N) is 1. The van der Waals surface area contributed by atoms with Crippen LogP contribution in [-0.2, 0) is 24.8 Å². The Morgan fingerprint density at radius 1 is 1.23 bits per heavy atom. The van der Waals surface area contributed by atoms with Crippen molar-refractivity contribution in [1.29, 1.82) is 0 Å². The molecule has 0 bridgehead atoms. The molecule has 0 spiro atoms. The van der Waals surface area contributed by atoms with Crippen LogP contribution in [0.2, 0.25) is 0 Å².